The van der Waals surface area contributed by atoms with Crippen LogP contribution >= 0.6 is 11.3 Å². The van der Waals surface area contributed by atoms with Gasteiger partial charge in [0.1, 0.15) is 5.82 Å². The summed E-state index contributed by atoms with van der Waals surface area (Å²) in [6, 6.07) is 7.33. The van der Waals surface area contributed by atoms with Crippen molar-refractivity contribution in [2.24, 2.45) is 5.41 Å². The van der Waals surface area contributed by atoms with Gasteiger partial charge in [-0.05, 0) is 67.1 Å². The zero-order chi connectivity index (χ0) is 29.2. The summed E-state index contributed by atoms with van der Waals surface area (Å²) in [5.41, 5.74) is 3.08. The molecular weight excluding hydrogens is 531 g/mol. The average molecular weight is 563 g/mol. The molecule has 4 rings (SSSR count). The second-order valence-corrected chi connectivity index (χ2v) is 11.6. The molecule has 0 atom stereocenters. The molecule has 4 aromatic rings. The molecule has 4 N–H and O–H groups in total. The fraction of sp³-hybridized carbons (Fsp3) is 0.276. The lowest BCUT2D eigenvalue weighted by Gasteiger charge is -2.19. The van der Waals surface area contributed by atoms with Crippen LogP contribution in [0.25, 0.3) is 11.1 Å². The van der Waals surface area contributed by atoms with Crippen molar-refractivity contribution >= 4 is 39.9 Å². The van der Waals surface area contributed by atoms with Crippen LogP contribution in [0.3, 0.4) is 0 Å². The van der Waals surface area contributed by atoms with E-state index < -0.39 is 17.6 Å². The minimum atomic E-state index is -0.610. The number of anilines is 2. The molecule has 0 radical (unpaired) electrons. The lowest BCUT2D eigenvalue weighted by molar-refractivity contribution is 0.0938. The van der Waals surface area contributed by atoms with Crippen molar-refractivity contribution in [3.05, 3.63) is 81.4 Å². The molecule has 40 heavy (non-hydrogen) atoms. The third kappa shape index (κ3) is 6.42. The van der Waals surface area contributed by atoms with Crippen LogP contribution in [0.2, 0.25) is 0 Å². The fourth-order valence-electron chi connectivity index (χ4n) is 4.02. The molecule has 0 aliphatic heterocycles. The van der Waals surface area contributed by atoms with Crippen LogP contribution in [0.15, 0.2) is 41.9 Å². The molecule has 11 heteroatoms. The number of hydrogen-bond donors (Lipinski definition) is 4. The Balaban J connectivity index is 1.77. The van der Waals surface area contributed by atoms with Crippen molar-refractivity contribution in [3.63, 3.8) is 0 Å². The first-order valence-corrected chi connectivity index (χ1v) is 13.5. The molecule has 0 saturated carbocycles. The van der Waals surface area contributed by atoms with Gasteiger partial charge in [-0.2, -0.15) is 5.10 Å². The summed E-state index contributed by atoms with van der Waals surface area (Å²) in [5.74, 6) is -2.00. The van der Waals surface area contributed by atoms with Crippen molar-refractivity contribution in [2.45, 2.75) is 41.5 Å². The highest BCUT2D eigenvalue weighted by atomic mass is 32.1. The first-order chi connectivity index (χ1) is 18.8. The number of nitrogens with one attached hydrogen (secondary N) is 4. The topological polar surface area (TPSA) is 129 Å². The Labute approximate surface area is 235 Å². The number of benzene rings is 2. The summed E-state index contributed by atoms with van der Waals surface area (Å²) >= 11 is 1.24. The average Bonchev–Trinajstić information content (AvgIpc) is 3.53. The molecule has 0 unspecified atom stereocenters. The van der Waals surface area contributed by atoms with E-state index in [2.05, 4.69) is 31.1 Å². The first kappa shape index (κ1) is 28.6. The smallest absolute Gasteiger partial charge is 0.258 e. The Morgan fingerprint density at radius 3 is 2.33 bits per heavy atom. The monoisotopic (exact) mass is 562 g/mol. The van der Waals surface area contributed by atoms with Crippen molar-refractivity contribution < 1.29 is 18.8 Å². The van der Waals surface area contributed by atoms with Gasteiger partial charge in [0.15, 0.2) is 5.13 Å². The number of aromatic amines is 1. The number of carbonyl (C=O) groups is 3. The zero-order valence-electron chi connectivity index (χ0n) is 23.2. The fourth-order valence-corrected chi connectivity index (χ4v) is 4.54. The van der Waals surface area contributed by atoms with Crippen molar-refractivity contribution in [2.75, 3.05) is 17.2 Å². The van der Waals surface area contributed by atoms with Gasteiger partial charge in [0.25, 0.3) is 17.7 Å². The van der Waals surface area contributed by atoms with E-state index >= 15 is 4.39 Å². The van der Waals surface area contributed by atoms with Gasteiger partial charge in [-0.15, -0.1) is 11.3 Å². The van der Waals surface area contributed by atoms with Crippen LogP contribution < -0.4 is 16.0 Å². The van der Waals surface area contributed by atoms with E-state index in [0.29, 0.717) is 39.9 Å². The van der Waals surface area contributed by atoms with E-state index in [4.69, 9.17) is 0 Å². The van der Waals surface area contributed by atoms with E-state index in [1.54, 1.807) is 44.5 Å². The maximum Gasteiger partial charge on any atom is 0.258 e. The Morgan fingerprint density at radius 1 is 0.950 bits per heavy atom. The van der Waals surface area contributed by atoms with Crippen LogP contribution in [0.1, 0.15) is 68.8 Å². The summed E-state index contributed by atoms with van der Waals surface area (Å²) in [5, 5.41) is 17.4. The number of halogens is 1. The summed E-state index contributed by atoms with van der Waals surface area (Å²) in [4.78, 5) is 43.6. The molecule has 0 aliphatic carbocycles. The molecule has 208 valence electrons. The highest BCUT2D eigenvalue weighted by molar-refractivity contribution is 7.13. The van der Waals surface area contributed by atoms with Crippen LogP contribution in [0.4, 0.5) is 15.2 Å². The summed E-state index contributed by atoms with van der Waals surface area (Å²) in [6.07, 6.45) is 1.56. The second-order valence-electron chi connectivity index (χ2n) is 10.7. The number of carbonyl (C=O) groups excluding carboxylic acids is 3. The SMILES string of the molecule is Cc1n[nH]c(C)c1NC(=O)c1cc(F)c(C)c(-c2ccc(C(=O)NCC(C)(C)C)cc2C(=O)Nc2nccs2)c1. The number of amides is 3. The van der Waals surface area contributed by atoms with E-state index in [-0.39, 0.29) is 33.6 Å². The minimum absolute atomic E-state index is 0.0661. The molecule has 2 aromatic heterocycles. The predicted molar refractivity (Wildman–Crippen MR) is 154 cm³/mol. The van der Waals surface area contributed by atoms with Crippen molar-refractivity contribution in [3.8, 4) is 11.1 Å². The molecule has 9 nitrogen and oxygen atoms in total. The van der Waals surface area contributed by atoms with Crippen LogP contribution in [-0.4, -0.2) is 39.4 Å². The van der Waals surface area contributed by atoms with Crippen LogP contribution in [0, 0.1) is 32.0 Å². The van der Waals surface area contributed by atoms with Crippen LogP contribution in [-0.2, 0) is 0 Å². The van der Waals surface area contributed by atoms with Gasteiger partial charge in [0.05, 0.1) is 17.1 Å². The summed E-state index contributed by atoms with van der Waals surface area (Å²) in [7, 11) is 0. The van der Waals surface area contributed by atoms with Gasteiger partial charge < -0.3 is 10.6 Å². The van der Waals surface area contributed by atoms with Gasteiger partial charge in [0, 0.05) is 34.8 Å². The third-order valence-electron chi connectivity index (χ3n) is 6.22. The van der Waals surface area contributed by atoms with Crippen molar-refractivity contribution in [1.82, 2.24) is 20.5 Å². The Kier molecular flexibility index (Phi) is 8.15. The van der Waals surface area contributed by atoms with Crippen molar-refractivity contribution in [1.29, 1.82) is 0 Å². The lowest BCUT2D eigenvalue weighted by atomic mass is 9.91. The summed E-state index contributed by atoms with van der Waals surface area (Å²) in [6.45, 7) is 11.5. The van der Waals surface area contributed by atoms with Gasteiger partial charge in [-0.25, -0.2) is 9.37 Å². The highest BCUT2D eigenvalue weighted by Crippen LogP contribution is 2.32. The van der Waals surface area contributed by atoms with Gasteiger partial charge in [0.2, 0.25) is 0 Å². The van der Waals surface area contributed by atoms with E-state index in [0.717, 1.165) is 6.07 Å². The van der Waals surface area contributed by atoms with E-state index in [1.165, 1.54) is 23.5 Å². The number of aromatic nitrogens is 3. The first-order valence-electron chi connectivity index (χ1n) is 12.6. The molecule has 2 aromatic carbocycles. The number of rotatable bonds is 7. The number of thiazole rings is 1. The number of nitrogens with zero attached hydrogens (tertiary/aromatic N) is 2. The Bertz CT molecular complexity index is 1570. The standard InChI is InChI=1S/C29H31FN6O3S/c1-15-21(12-19(13-23(15)30)26(38)33-24-16(2)35-36-17(24)3)20-8-7-18(25(37)32-14-29(4,5)6)11-22(20)27(39)34-28-31-9-10-40-28/h7-13H,14H2,1-6H3,(H,32,37)(H,33,38)(H,35,36)(H,31,34,39). The zero-order valence-corrected chi connectivity index (χ0v) is 24.0. The number of aryl methyl sites for hydroxylation is 2. The number of hydrogen-bond acceptors (Lipinski definition) is 6. The molecule has 0 fully saturated rings. The highest BCUT2D eigenvalue weighted by Gasteiger charge is 2.22. The Morgan fingerprint density at radius 2 is 1.70 bits per heavy atom. The molecule has 0 saturated heterocycles. The molecular formula is C29H31FN6O3S. The second kappa shape index (κ2) is 11.4. The van der Waals surface area contributed by atoms with Gasteiger partial charge >= 0.3 is 0 Å². The Hall–Kier alpha value is -4.38. The maximum absolute atomic E-state index is 15.2. The largest absolute Gasteiger partial charge is 0.352 e. The molecule has 2 heterocycles. The van der Waals surface area contributed by atoms with E-state index in [1.807, 2.05) is 20.8 Å². The van der Waals surface area contributed by atoms with Gasteiger partial charge in [-0.3, -0.25) is 24.8 Å². The normalized spacial score (nSPS) is 11.3. The molecule has 0 spiro atoms. The van der Waals surface area contributed by atoms with Crippen LogP contribution in [0.5, 0.6) is 0 Å². The third-order valence-corrected chi connectivity index (χ3v) is 6.91. The quantitative estimate of drug-likeness (QED) is 0.224. The number of H-pyrrole nitrogens is 1. The molecule has 0 bridgehead atoms. The summed E-state index contributed by atoms with van der Waals surface area (Å²) < 4.78 is 15.2. The van der Waals surface area contributed by atoms with Gasteiger partial charge in [-0.1, -0.05) is 26.8 Å². The minimum Gasteiger partial charge on any atom is -0.352 e. The maximum atomic E-state index is 15.2. The molecule has 3 amide bonds. The predicted octanol–water partition coefficient (Wildman–Crippen LogP) is 5.88. The lowest BCUT2D eigenvalue weighted by Crippen LogP contribution is -2.32. The van der Waals surface area contributed by atoms with E-state index in [9.17, 15) is 14.4 Å². The molecule has 0 aliphatic rings.